The van der Waals surface area contributed by atoms with E-state index in [4.69, 9.17) is 18.9 Å². The van der Waals surface area contributed by atoms with E-state index >= 15 is 0 Å². The number of carbonyl (C=O) groups excluding carboxylic acids is 1. The van der Waals surface area contributed by atoms with Crippen molar-refractivity contribution < 1.29 is 79.0 Å². The number of allylic oxidation sites excluding steroid dienone is 2. The number of aliphatic hydroxyl groups excluding tert-OH is 5. The third-order valence-electron chi connectivity index (χ3n) is 16.3. The average molecular weight is 795 g/mol. The topological polar surface area (TPSA) is 267 Å². The summed E-state index contributed by atoms with van der Waals surface area (Å²) in [6, 6.07) is 0. The molecule has 6 fully saturated rings. The van der Waals surface area contributed by atoms with E-state index < -0.39 is 102 Å². The zero-order chi connectivity index (χ0) is 41.1. The summed E-state index contributed by atoms with van der Waals surface area (Å²) in [7, 11) is 0. The Bertz CT molecular complexity index is 1650. The van der Waals surface area contributed by atoms with Gasteiger partial charge in [0, 0.05) is 5.92 Å². The Hall–Kier alpha value is -2.54. The zero-order valence-electron chi connectivity index (χ0n) is 32.6. The number of carboxylic acids is 3. The number of ether oxygens (including phenoxy) is 4. The average Bonchev–Trinajstić information content (AvgIpc) is 3.12. The van der Waals surface area contributed by atoms with Crippen molar-refractivity contribution in [2.24, 2.45) is 44.8 Å². The van der Waals surface area contributed by atoms with Crippen molar-refractivity contribution in [3.8, 4) is 0 Å². The van der Waals surface area contributed by atoms with Gasteiger partial charge in [-0.05, 0) is 111 Å². The molecule has 2 heterocycles. The lowest BCUT2D eigenvalue weighted by molar-refractivity contribution is -0.366. The fourth-order valence-corrected chi connectivity index (χ4v) is 12.4. The molecule has 2 saturated heterocycles. The molecule has 16 heteroatoms. The van der Waals surface area contributed by atoms with Crippen LogP contribution in [0.5, 0.6) is 0 Å². The summed E-state index contributed by atoms with van der Waals surface area (Å²) in [4.78, 5) is 50.8. The van der Waals surface area contributed by atoms with E-state index in [2.05, 4.69) is 27.7 Å². The molecule has 0 radical (unpaired) electrons. The van der Waals surface area contributed by atoms with Gasteiger partial charge >= 0.3 is 17.9 Å². The number of ketones is 1. The largest absolute Gasteiger partial charge is 0.481 e. The number of hydrogen-bond acceptors (Lipinski definition) is 13. The number of hydrogen-bond donors (Lipinski definition) is 8. The van der Waals surface area contributed by atoms with E-state index in [0.29, 0.717) is 32.1 Å². The first kappa shape index (κ1) is 41.6. The summed E-state index contributed by atoms with van der Waals surface area (Å²) in [5.74, 6) is -4.31. The lowest BCUT2D eigenvalue weighted by atomic mass is 9.35. The van der Waals surface area contributed by atoms with Crippen molar-refractivity contribution in [1.82, 2.24) is 0 Å². The second-order valence-corrected chi connectivity index (χ2v) is 19.3. The van der Waals surface area contributed by atoms with Crippen molar-refractivity contribution in [3.63, 3.8) is 0 Å². The number of aliphatic carboxylic acids is 3. The van der Waals surface area contributed by atoms with Crippen LogP contribution < -0.4 is 0 Å². The van der Waals surface area contributed by atoms with Crippen molar-refractivity contribution in [2.45, 2.75) is 166 Å². The van der Waals surface area contributed by atoms with Gasteiger partial charge in [-0.2, -0.15) is 0 Å². The molecular formula is C40H58O16. The Balaban J connectivity index is 1.13. The maximum Gasteiger partial charge on any atom is 0.335 e. The van der Waals surface area contributed by atoms with Crippen LogP contribution in [0.15, 0.2) is 11.6 Å². The van der Waals surface area contributed by atoms with Gasteiger partial charge in [-0.25, -0.2) is 9.59 Å². The van der Waals surface area contributed by atoms with E-state index in [9.17, 15) is 60.0 Å². The smallest absolute Gasteiger partial charge is 0.335 e. The van der Waals surface area contributed by atoms with Gasteiger partial charge in [0.25, 0.3) is 0 Å². The molecular weight excluding hydrogens is 736 g/mol. The van der Waals surface area contributed by atoms with Crippen molar-refractivity contribution in [1.29, 1.82) is 0 Å². The molecule has 0 bridgehead atoms. The Labute approximate surface area is 325 Å². The molecule has 0 spiro atoms. The maximum atomic E-state index is 14.6. The molecule has 56 heavy (non-hydrogen) atoms. The summed E-state index contributed by atoms with van der Waals surface area (Å²) in [6.45, 7) is 10.8. The van der Waals surface area contributed by atoms with Gasteiger partial charge in [-0.3, -0.25) is 9.59 Å². The Morgan fingerprint density at radius 3 is 1.95 bits per heavy atom. The second kappa shape index (κ2) is 14.0. The second-order valence-electron chi connectivity index (χ2n) is 19.3. The van der Waals surface area contributed by atoms with Gasteiger partial charge in [-0.1, -0.05) is 33.3 Å². The van der Waals surface area contributed by atoms with E-state index in [1.165, 1.54) is 0 Å². The molecule has 8 N–H and O–H groups in total. The van der Waals surface area contributed by atoms with Crippen molar-refractivity contribution in [3.05, 3.63) is 11.6 Å². The van der Waals surface area contributed by atoms with Crippen LogP contribution in [-0.4, -0.2) is 132 Å². The minimum atomic E-state index is -2.03. The predicted octanol–water partition coefficient (Wildman–Crippen LogP) is 1.61. The molecule has 19 atom stereocenters. The standard InChI is InChI=1S/C40H58O16/c1-36-10-11-37(2,35(51)52)16-20(36)19-15-21(41)30-38(3)8-7-18(14-17(38)6-9-40(30,5)39(19,4)13-12-36)53-34-29(25(45)24(44)28(55-34)32(49)50)56-33-26(46)22(42)23(43)27(54-33)31(47)48/h15,17-18,20,22-30,33-34,42-46H,6-14,16H2,1-5H3,(H,47,48)(H,49,50)(H,51,52). The molecule has 5 aliphatic carbocycles. The van der Waals surface area contributed by atoms with Crippen molar-refractivity contribution in [2.75, 3.05) is 0 Å². The van der Waals surface area contributed by atoms with Gasteiger partial charge in [0.15, 0.2) is 30.6 Å². The van der Waals surface area contributed by atoms with Crippen LogP contribution in [0, 0.1) is 44.8 Å². The van der Waals surface area contributed by atoms with Crippen molar-refractivity contribution >= 4 is 23.7 Å². The number of carbonyl (C=O) groups is 4. The maximum absolute atomic E-state index is 14.6. The highest BCUT2D eigenvalue weighted by molar-refractivity contribution is 5.95. The Kier molecular flexibility index (Phi) is 10.4. The van der Waals surface area contributed by atoms with E-state index in [1.54, 1.807) is 0 Å². The van der Waals surface area contributed by atoms with E-state index in [1.807, 2.05) is 13.0 Å². The molecule has 0 aromatic carbocycles. The normalized spacial score (nSPS) is 53.0. The first-order chi connectivity index (χ1) is 26.0. The lowest BCUT2D eigenvalue weighted by Crippen LogP contribution is -2.66. The fraction of sp³-hybridized carbons (Fsp3) is 0.850. The van der Waals surface area contributed by atoms with E-state index in [0.717, 1.165) is 37.7 Å². The van der Waals surface area contributed by atoms with Crippen LogP contribution in [0.3, 0.4) is 0 Å². The molecule has 2 aliphatic heterocycles. The van der Waals surface area contributed by atoms with Gasteiger partial charge in [0.1, 0.15) is 36.6 Å². The molecule has 0 amide bonds. The molecule has 314 valence electrons. The molecule has 19 unspecified atom stereocenters. The van der Waals surface area contributed by atoms with E-state index in [-0.39, 0.29) is 34.4 Å². The minimum absolute atomic E-state index is 0.00846. The number of aliphatic hydroxyl groups is 5. The third kappa shape index (κ3) is 6.19. The van der Waals surface area contributed by atoms with Gasteiger partial charge in [-0.15, -0.1) is 0 Å². The summed E-state index contributed by atoms with van der Waals surface area (Å²) in [5.41, 5.74) is -0.968. The van der Waals surface area contributed by atoms with Crippen LogP contribution in [0.25, 0.3) is 0 Å². The first-order valence-corrected chi connectivity index (χ1v) is 20.0. The highest BCUT2D eigenvalue weighted by atomic mass is 16.8. The summed E-state index contributed by atoms with van der Waals surface area (Å²) >= 11 is 0. The Morgan fingerprint density at radius 1 is 0.714 bits per heavy atom. The molecule has 0 aromatic heterocycles. The number of fused-ring (bicyclic) bond motifs is 7. The third-order valence-corrected chi connectivity index (χ3v) is 16.3. The SMILES string of the molecule is CC1(C(=O)O)CCC2(C)CCC3(C)C(=CC(=O)C4C5(C)CCC(OC6OC(C(=O)O)C(O)C(O)C6OC6OC(C(=O)O)C(O)C(O)C6O)CC5CCC43C)C2C1. The van der Waals surface area contributed by atoms with Crippen LogP contribution >= 0.6 is 0 Å². The highest BCUT2D eigenvalue weighted by Crippen LogP contribution is 2.74. The Morgan fingerprint density at radius 2 is 1.32 bits per heavy atom. The molecule has 16 nitrogen and oxygen atoms in total. The zero-order valence-corrected chi connectivity index (χ0v) is 32.6. The monoisotopic (exact) mass is 794 g/mol. The molecule has 0 aromatic rings. The van der Waals surface area contributed by atoms with Gasteiger partial charge in [0.05, 0.1) is 11.5 Å². The molecule has 4 saturated carbocycles. The summed E-state index contributed by atoms with van der Waals surface area (Å²) in [6.07, 6.45) is -11.4. The number of rotatable bonds is 7. The van der Waals surface area contributed by atoms with Crippen LogP contribution in [0.1, 0.15) is 98.8 Å². The fourth-order valence-electron chi connectivity index (χ4n) is 12.4. The van der Waals surface area contributed by atoms with Gasteiger partial charge < -0.3 is 59.8 Å². The minimum Gasteiger partial charge on any atom is -0.481 e. The van der Waals surface area contributed by atoms with Gasteiger partial charge in [0.2, 0.25) is 0 Å². The number of carboxylic acid groups (broad SMARTS) is 3. The quantitative estimate of drug-likeness (QED) is 0.170. The molecule has 7 aliphatic rings. The predicted molar refractivity (Wildman–Crippen MR) is 190 cm³/mol. The summed E-state index contributed by atoms with van der Waals surface area (Å²) < 4.78 is 23.0. The molecule has 7 rings (SSSR count). The highest BCUT2D eigenvalue weighted by Gasteiger charge is 2.69. The van der Waals surface area contributed by atoms with Crippen LogP contribution in [0.4, 0.5) is 0 Å². The lowest BCUT2D eigenvalue weighted by Gasteiger charge is -2.69. The van der Waals surface area contributed by atoms with Crippen LogP contribution in [0.2, 0.25) is 0 Å². The van der Waals surface area contributed by atoms with Crippen LogP contribution in [-0.2, 0) is 38.1 Å². The first-order valence-electron chi connectivity index (χ1n) is 20.0. The summed E-state index contributed by atoms with van der Waals surface area (Å²) in [5, 5.41) is 82.3.